The minimum absolute atomic E-state index is 0.101. The minimum atomic E-state index is -4.74. The summed E-state index contributed by atoms with van der Waals surface area (Å²) >= 11 is 5.17. The molecule has 0 saturated carbocycles. The first kappa shape index (κ1) is 33.8. The van der Waals surface area contributed by atoms with Crippen molar-refractivity contribution in [3.05, 3.63) is 45.8 Å². The maximum absolute atomic E-state index is 12.3. The normalized spacial score (nSPS) is 31.2. The number of nitrogens with two attached hydrogens (primary N) is 1. The first-order chi connectivity index (χ1) is 21.2. The quantitative estimate of drug-likeness (QED) is 0.110. The third-order valence-corrected chi connectivity index (χ3v) is 9.41. The second kappa shape index (κ2) is 13.3. The monoisotopic (exact) mass is 697 g/mol. The lowest BCUT2D eigenvalue weighted by atomic mass is 10.1. The van der Waals surface area contributed by atoms with E-state index in [0.29, 0.717) is 0 Å². The SMILES string of the molecule is COC[C@H]1O[C@@H](n2cnc3c(N)ncnc32)C(O)[C@H]1OP(O)(=S)OC[C@H]1O[C@@H](n2ccc(=O)[nH]c2=O)C(O)[C@H]1OP(=O)(O)OC. The van der Waals surface area contributed by atoms with Crippen LogP contribution in [-0.2, 0) is 48.7 Å². The van der Waals surface area contributed by atoms with Crippen LogP contribution in [0.1, 0.15) is 12.5 Å². The topological polar surface area (TPSA) is 287 Å². The summed E-state index contributed by atoms with van der Waals surface area (Å²) in [7, 11) is -2.48. The van der Waals surface area contributed by atoms with Gasteiger partial charge in [0.05, 0.1) is 19.5 Å². The Hall–Kier alpha value is -2.53. The van der Waals surface area contributed by atoms with Gasteiger partial charge < -0.3 is 44.5 Å². The molecule has 4 unspecified atom stereocenters. The standard InChI is InChI=1S/C21H29N7O14P2S/c1-36-5-9-16(14(31)20(39-9)28-8-25-12-17(22)23-7-24-18(12)28)42-44(35,45)38-6-10-15(41-43(33,34)37-2)13(30)19(40-10)27-4-3-11(29)26-21(27)32/h3-4,7-10,13-16,19-20,30-31H,5-6H2,1-2H3,(H,33,34)(H,35,45)(H2,22,23,24)(H,26,29,32)/t9-,10-,13?,14?,15+,16+,19-,20-,44?/m1/s1. The number of fused-ring (bicyclic) bond motifs is 1. The van der Waals surface area contributed by atoms with Crippen molar-refractivity contribution in [2.75, 3.05) is 33.2 Å². The van der Waals surface area contributed by atoms with E-state index in [1.165, 1.54) is 24.3 Å². The fraction of sp³-hybridized carbons (Fsp3) is 0.571. The molecule has 10 atom stereocenters. The average molecular weight is 698 g/mol. The summed E-state index contributed by atoms with van der Waals surface area (Å²) in [5.74, 6) is 0.101. The predicted octanol–water partition coefficient (Wildman–Crippen LogP) is -2.13. The van der Waals surface area contributed by atoms with Gasteiger partial charge in [-0.15, -0.1) is 0 Å². The number of nitrogens with one attached hydrogen (secondary N) is 1. The third kappa shape index (κ3) is 7.09. The largest absolute Gasteiger partial charge is 0.472 e. The molecule has 24 heteroatoms. The summed E-state index contributed by atoms with van der Waals surface area (Å²) < 4.78 is 51.8. The zero-order chi connectivity index (χ0) is 32.7. The molecule has 3 aromatic rings. The number of ether oxygens (including phenoxy) is 3. The number of aromatic amines is 1. The number of H-pyrrole nitrogens is 1. The molecule has 7 N–H and O–H groups in total. The number of hydrogen-bond donors (Lipinski definition) is 6. The number of aliphatic hydroxyl groups is 2. The molecular weight excluding hydrogens is 668 g/mol. The van der Waals surface area contributed by atoms with E-state index in [4.69, 9.17) is 45.3 Å². The Labute approximate surface area is 257 Å². The van der Waals surface area contributed by atoms with E-state index >= 15 is 0 Å². The zero-order valence-electron chi connectivity index (χ0n) is 23.3. The van der Waals surface area contributed by atoms with Crippen LogP contribution in [0.5, 0.6) is 0 Å². The number of nitrogens with zero attached hydrogens (tertiary/aromatic N) is 5. The van der Waals surface area contributed by atoms with Crippen LogP contribution in [0.3, 0.4) is 0 Å². The highest BCUT2D eigenvalue weighted by atomic mass is 32.5. The number of imidazole rings is 1. The molecule has 0 radical (unpaired) electrons. The lowest BCUT2D eigenvalue weighted by Crippen LogP contribution is -2.39. The Bertz CT molecular complexity index is 1740. The molecule has 5 rings (SSSR count). The molecule has 2 aliphatic heterocycles. The van der Waals surface area contributed by atoms with E-state index in [-0.39, 0.29) is 23.6 Å². The van der Waals surface area contributed by atoms with E-state index in [0.717, 1.165) is 23.9 Å². The van der Waals surface area contributed by atoms with Crippen LogP contribution < -0.4 is 17.0 Å². The summed E-state index contributed by atoms with van der Waals surface area (Å²) in [6.45, 7) is -5.11. The van der Waals surface area contributed by atoms with Crippen molar-refractivity contribution in [1.29, 1.82) is 0 Å². The van der Waals surface area contributed by atoms with E-state index < -0.39 is 81.5 Å². The van der Waals surface area contributed by atoms with Crippen LogP contribution in [0.2, 0.25) is 0 Å². The Balaban J connectivity index is 1.34. The summed E-state index contributed by atoms with van der Waals surface area (Å²) in [5, 5.41) is 22.1. The third-order valence-electron chi connectivity index (χ3n) is 6.88. The van der Waals surface area contributed by atoms with Crippen LogP contribution in [0.4, 0.5) is 5.82 Å². The van der Waals surface area contributed by atoms with Crippen LogP contribution in [0.25, 0.3) is 11.2 Å². The molecule has 21 nitrogen and oxygen atoms in total. The molecule has 2 aliphatic rings. The van der Waals surface area contributed by atoms with Crippen LogP contribution in [0.15, 0.2) is 34.5 Å². The van der Waals surface area contributed by atoms with Crippen molar-refractivity contribution in [3.8, 4) is 0 Å². The first-order valence-corrected chi connectivity index (χ1v) is 17.0. The molecule has 5 heterocycles. The number of rotatable bonds is 12. The first-order valence-electron chi connectivity index (χ1n) is 12.9. The number of methoxy groups -OCH3 is 1. The summed E-state index contributed by atoms with van der Waals surface area (Å²) in [4.78, 5) is 58.9. The van der Waals surface area contributed by atoms with Gasteiger partial charge in [-0.05, 0) is 11.8 Å². The number of aromatic nitrogens is 6. The molecule has 2 saturated heterocycles. The van der Waals surface area contributed by atoms with Gasteiger partial charge in [0, 0.05) is 26.5 Å². The molecule has 0 bridgehead atoms. The molecule has 0 spiro atoms. The minimum Gasteiger partial charge on any atom is -0.386 e. The Morgan fingerprint density at radius 2 is 1.67 bits per heavy atom. The molecule has 0 aliphatic carbocycles. The maximum Gasteiger partial charge on any atom is 0.472 e. The predicted molar refractivity (Wildman–Crippen MR) is 152 cm³/mol. The Morgan fingerprint density at radius 1 is 1.02 bits per heavy atom. The highest BCUT2D eigenvalue weighted by molar-refractivity contribution is 8.07. The van der Waals surface area contributed by atoms with E-state index in [1.807, 2.05) is 4.98 Å². The van der Waals surface area contributed by atoms with Crippen LogP contribution in [-0.4, -0.2) is 113 Å². The van der Waals surface area contributed by atoms with Crippen molar-refractivity contribution in [1.82, 2.24) is 29.1 Å². The number of aliphatic hydroxyl groups excluding tert-OH is 2. The van der Waals surface area contributed by atoms with Gasteiger partial charge in [0.25, 0.3) is 5.56 Å². The Kier molecular flexibility index (Phi) is 9.99. The molecule has 248 valence electrons. The van der Waals surface area contributed by atoms with Crippen molar-refractivity contribution < 1.29 is 56.9 Å². The van der Waals surface area contributed by atoms with Crippen LogP contribution in [0, 0.1) is 0 Å². The number of phosphoric ester groups is 1. The van der Waals surface area contributed by atoms with E-state index in [1.54, 1.807) is 0 Å². The van der Waals surface area contributed by atoms with Crippen molar-refractivity contribution in [3.63, 3.8) is 0 Å². The highest BCUT2D eigenvalue weighted by Gasteiger charge is 2.51. The lowest BCUT2D eigenvalue weighted by Gasteiger charge is -2.27. The van der Waals surface area contributed by atoms with Crippen molar-refractivity contribution >= 4 is 43.3 Å². The summed E-state index contributed by atoms with van der Waals surface area (Å²) in [6.07, 6.45) is -7.80. The molecule has 3 aromatic heterocycles. The average Bonchev–Trinajstić information content (AvgIpc) is 3.63. The molecule has 2 fully saturated rings. The van der Waals surface area contributed by atoms with Gasteiger partial charge in [0.1, 0.15) is 48.5 Å². The number of phosphoric acid groups is 1. The highest BCUT2D eigenvalue weighted by Crippen LogP contribution is 2.51. The molecule has 45 heavy (non-hydrogen) atoms. The second-order valence-electron chi connectivity index (χ2n) is 9.72. The number of nitrogen functional groups attached to an aromatic ring is 1. The Morgan fingerprint density at radius 3 is 2.31 bits per heavy atom. The van der Waals surface area contributed by atoms with Crippen LogP contribution >= 0.6 is 14.5 Å². The fourth-order valence-electron chi connectivity index (χ4n) is 4.82. The summed E-state index contributed by atoms with van der Waals surface area (Å²) in [5.41, 5.74) is 4.68. The van der Waals surface area contributed by atoms with Gasteiger partial charge in [-0.2, -0.15) is 0 Å². The maximum atomic E-state index is 12.3. The fourth-order valence-corrected chi connectivity index (χ4v) is 6.92. The van der Waals surface area contributed by atoms with E-state index in [9.17, 15) is 34.2 Å². The van der Waals surface area contributed by atoms with Gasteiger partial charge in [-0.25, -0.2) is 24.3 Å². The van der Waals surface area contributed by atoms with E-state index in [2.05, 4.69) is 19.5 Å². The summed E-state index contributed by atoms with van der Waals surface area (Å²) in [6, 6.07) is 0.984. The molecule has 0 amide bonds. The van der Waals surface area contributed by atoms with Gasteiger partial charge >= 0.3 is 20.2 Å². The zero-order valence-corrected chi connectivity index (χ0v) is 25.9. The van der Waals surface area contributed by atoms with Gasteiger partial charge in [-0.1, -0.05) is 0 Å². The van der Waals surface area contributed by atoms with Gasteiger partial charge in [-0.3, -0.25) is 32.5 Å². The second-order valence-corrected chi connectivity index (χ2v) is 14.0. The van der Waals surface area contributed by atoms with Gasteiger partial charge in [0.15, 0.2) is 23.9 Å². The molecule has 0 aromatic carbocycles. The smallest absolute Gasteiger partial charge is 0.386 e. The van der Waals surface area contributed by atoms with Crippen molar-refractivity contribution in [2.24, 2.45) is 0 Å². The lowest BCUT2D eigenvalue weighted by molar-refractivity contribution is -0.0606. The number of anilines is 1. The van der Waals surface area contributed by atoms with Gasteiger partial charge in [0.2, 0.25) is 0 Å². The molecular formula is C21H29N7O14P2S. The number of hydrogen-bond acceptors (Lipinski definition) is 17. The van der Waals surface area contributed by atoms with Crippen molar-refractivity contribution in [2.45, 2.75) is 49.1 Å².